The van der Waals surface area contributed by atoms with Gasteiger partial charge in [-0.3, -0.25) is 29.6 Å². The number of carbonyl (C=O) groups is 1. The van der Waals surface area contributed by atoms with E-state index < -0.39 is 5.92 Å². The van der Waals surface area contributed by atoms with E-state index >= 15 is 0 Å². The van der Waals surface area contributed by atoms with Crippen molar-refractivity contribution in [3.8, 4) is 0 Å². The summed E-state index contributed by atoms with van der Waals surface area (Å²) in [7, 11) is 0. The van der Waals surface area contributed by atoms with Crippen LogP contribution in [-0.4, -0.2) is 82.1 Å². The lowest BCUT2D eigenvalue weighted by Gasteiger charge is -2.30. The lowest BCUT2D eigenvalue weighted by atomic mass is 9.95. The van der Waals surface area contributed by atoms with Gasteiger partial charge in [-0.05, 0) is 72.5 Å². The number of halogens is 2. The van der Waals surface area contributed by atoms with Crippen LogP contribution in [0.25, 0.3) is 5.57 Å². The molecule has 2 N–H and O–H groups in total. The summed E-state index contributed by atoms with van der Waals surface area (Å²) in [4.78, 5) is 31.4. The summed E-state index contributed by atoms with van der Waals surface area (Å²) in [6.45, 7) is 4.15. The highest BCUT2D eigenvalue weighted by molar-refractivity contribution is 6.49. The Morgan fingerprint density at radius 2 is 2.00 bits per heavy atom. The normalized spacial score (nSPS) is 25.3. The summed E-state index contributed by atoms with van der Waals surface area (Å²) in [6, 6.07) is 6.35. The molecule has 2 aromatic heterocycles. The van der Waals surface area contributed by atoms with Crippen molar-refractivity contribution in [1.82, 2.24) is 25.1 Å². The summed E-state index contributed by atoms with van der Waals surface area (Å²) in [6.07, 6.45) is 13.2. The number of likely N-dealkylation sites (tertiary alicyclic amines) is 2. The molecule has 6 heterocycles. The highest BCUT2D eigenvalue weighted by Crippen LogP contribution is 2.34. The molecule has 5 aliphatic rings. The molecule has 212 valence electrons. The number of alkyl halides is 2. The van der Waals surface area contributed by atoms with Crippen molar-refractivity contribution >= 4 is 22.9 Å². The third-order valence-corrected chi connectivity index (χ3v) is 8.45. The Labute approximate surface area is 238 Å². The first kappa shape index (κ1) is 26.3. The largest absolute Gasteiger partial charge is 0.319 e. The van der Waals surface area contributed by atoms with E-state index in [1.807, 2.05) is 24.3 Å². The fourth-order valence-corrected chi connectivity index (χ4v) is 6.00. The van der Waals surface area contributed by atoms with Crippen LogP contribution in [0.15, 0.2) is 71.2 Å². The number of amides is 1. The van der Waals surface area contributed by atoms with E-state index in [1.165, 1.54) is 12.0 Å². The predicted octanol–water partition coefficient (Wildman–Crippen LogP) is 3.60. The van der Waals surface area contributed by atoms with Gasteiger partial charge in [0.25, 0.3) is 11.8 Å². The number of allylic oxidation sites excluding steroid dienone is 4. The van der Waals surface area contributed by atoms with Crippen LogP contribution in [0.1, 0.15) is 36.1 Å². The van der Waals surface area contributed by atoms with Crippen LogP contribution >= 0.6 is 0 Å². The second kappa shape index (κ2) is 10.7. The highest BCUT2D eigenvalue weighted by Gasteiger charge is 2.41. The summed E-state index contributed by atoms with van der Waals surface area (Å²) >= 11 is 0. The summed E-state index contributed by atoms with van der Waals surface area (Å²) < 4.78 is 27.4. The smallest absolute Gasteiger partial charge is 0.274 e. The number of fused-ring (bicyclic) bond motifs is 4. The SMILES string of the molecule is O=C(Nc1ccc(CN2CCC2)nc1)C1=NCC2NC2C2=CC=C(c3cncc(CN4CCC(F)(F)C4)c3)C=C1C2. The first-order chi connectivity index (χ1) is 19.9. The average Bonchev–Trinajstić information content (AvgIpc) is 3.65. The number of aliphatic imine (C=N–C) groups is 1. The maximum Gasteiger partial charge on any atom is 0.274 e. The number of hydrogen-bond donors (Lipinski definition) is 2. The lowest BCUT2D eigenvalue weighted by molar-refractivity contribution is -0.110. The number of carbonyl (C=O) groups excluding carboxylic acids is 1. The molecule has 1 aliphatic carbocycles. The highest BCUT2D eigenvalue weighted by atomic mass is 19.3. The molecule has 3 fully saturated rings. The minimum absolute atomic E-state index is 0.107. The maximum atomic E-state index is 13.7. The van der Waals surface area contributed by atoms with Gasteiger partial charge >= 0.3 is 0 Å². The molecule has 2 bridgehead atoms. The van der Waals surface area contributed by atoms with Crippen LogP contribution in [-0.2, 0) is 17.9 Å². The minimum Gasteiger partial charge on any atom is -0.319 e. The topological polar surface area (TPSA) is 95.7 Å². The van der Waals surface area contributed by atoms with Crippen LogP contribution < -0.4 is 10.6 Å². The number of hydrogen-bond acceptors (Lipinski definition) is 7. The van der Waals surface area contributed by atoms with E-state index in [-0.39, 0.29) is 31.0 Å². The Kier molecular flexibility index (Phi) is 6.84. The van der Waals surface area contributed by atoms with Gasteiger partial charge in [0.2, 0.25) is 0 Å². The Balaban J connectivity index is 1.12. The van der Waals surface area contributed by atoms with E-state index in [1.54, 1.807) is 23.5 Å². The van der Waals surface area contributed by atoms with Crippen LogP contribution in [0.4, 0.5) is 14.5 Å². The molecule has 4 aliphatic heterocycles. The first-order valence-corrected chi connectivity index (χ1v) is 14.3. The summed E-state index contributed by atoms with van der Waals surface area (Å²) in [5.41, 5.74) is 6.78. The number of pyridine rings is 2. The second-order valence-electron chi connectivity index (χ2n) is 11.7. The van der Waals surface area contributed by atoms with Gasteiger partial charge < -0.3 is 10.6 Å². The van der Waals surface area contributed by atoms with E-state index in [2.05, 4.69) is 37.7 Å². The van der Waals surface area contributed by atoms with Crippen molar-refractivity contribution < 1.29 is 13.6 Å². The number of nitrogens with one attached hydrogen (secondary N) is 2. The number of rotatable bonds is 7. The van der Waals surface area contributed by atoms with Crippen molar-refractivity contribution in [2.75, 3.05) is 38.0 Å². The lowest BCUT2D eigenvalue weighted by Crippen LogP contribution is -2.36. The van der Waals surface area contributed by atoms with Gasteiger partial charge in [0.05, 0.1) is 30.7 Å². The molecule has 0 spiro atoms. The fourth-order valence-electron chi connectivity index (χ4n) is 6.00. The molecular weight excluding hydrogens is 524 g/mol. The minimum atomic E-state index is -2.63. The van der Waals surface area contributed by atoms with Gasteiger partial charge in [-0.15, -0.1) is 0 Å². The van der Waals surface area contributed by atoms with Gasteiger partial charge in [-0.25, -0.2) is 8.78 Å². The quantitative estimate of drug-likeness (QED) is 0.506. The first-order valence-electron chi connectivity index (χ1n) is 14.3. The molecule has 10 heteroatoms. The van der Waals surface area contributed by atoms with Crippen LogP contribution in [0.5, 0.6) is 0 Å². The van der Waals surface area contributed by atoms with Crippen molar-refractivity contribution in [1.29, 1.82) is 0 Å². The second-order valence-corrected chi connectivity index (χ2v) is 11.7. The standard InChI is InChI=1S/C31H33F2N7O/c32-31(33)6-9-40(19-31)17-20-10-24(14-34-13-20)21-2-3-22-12-23(11-21)29(36-16-27-28(22)38-27)30(41)37-25-4-5-26(35-15-25)18-39-7-1-8-39/h2-5,10-11,13-15,27-28,38H,1,6-9,12,16-19H2,(H,37,41). The average molecular weight is 558 g/mol. The molecule has 0 saturated carbocycles. The molecule has 2 unspecified atom stereocenters. The Morgan fingerprint density at radius 1 is 1.10 bits per heavy atom. The van der Waals surface area contributed by atoms with Gasteiger partial charge in [-0.1, -0.05) is 12.2 Å². The van der Waals surface area contributed by atoms with E-state index in [9.17, 15) is 13.6 Å². The van der Waals surface area contributed by atoms with Crippen LogP contribution in [0.2, 0.25) is 0 Å². The van der Waals surface area contributed by atoms with Gasteiger partial charge in [0, 0.05) is 56.1 Å². The number of nitrogens with zero attached hydrogens (tertiary/aromatic N) is 5. The summed E-state index contributed by atoms with van der Waals surface area (Å²) in [5, 5.41) is 6.49. The van der Waals surface area contributed by atoms with Crippen molar-refractivity contribution in [3.05, 3.63) is 83.0 Å². The zero-order valence-corrected chi connectivity index (χ0v) is 22.8. The number of aromatic nitrogens is 2. The van der Waals surface area contributed by atoms with E-state index in [0.717, 1.165) is 47.6 Å². The Bertz CT molecular complexity index is 1480. The molecule has 41 heavy (non-hydrogen) atoms. The molecule has 8 nitrogen and oxygen atoms in total. The van der Waals surface area contributed by atoms with E-state index in [4.69, 9.17) is 4.99 Å². The van der Waals surface area contributed by atoms with Crippen LogP contribution in [0.3, 0.4) is 0 Å². The molecule has 0 aromatic carbocycles. The molecule has 3 saturated heterocycles. The fraction of sp³-hybridized carbons (Fsp3) is 0.419. The van der Waals surface area contributed by atoms with Gasteiger partial charge in [-0.2, -0.15) is 0 Å². The summed E-state index contributed by atoms with van der Waals surface area (Å²) in [5.74, 6) is -2.88. The van der Waals surface area contributed by atoms with Crippen molar-refractivity contribution in [2.45, 2.75) is 50.4 Å². The molecule has 7 rings (SSSR count). The van der Waals surface area contributed by atoms with E-state index in [0.29, 0.717) is 37.5 Å². The van der Waals surface area contributed by atoms with Crippen molar-refractivity contribution in [2.24, 2.45) is 4.99 Å². The predicted molar refractivity (Wildman–Crippen MR) is 154 cm³/mol. The van der Waals surface area contributed by atoms with Crippen molar-refractivity contribution in [3.63, 3.8) is 0 Å². The monoisotopic (exact) mass is 557 g/mol. The number of anilines is 1. The molecule has 2 aromatic rings. The molecule has 1 amide bonds. The van der Waals surface area contributed by atoms with Gasteiger partial charge in [0.1, 0.15) is 5.71 Å². The third kappa shape index (κ3) is 5.91. The van der Waals surface area contributed by atoms with Gasteiger partial charge in [0.15, 0.2) is 0 Å². The zero-order valence-electron chi connectivity index (χ0n) is 22.8. The Morgan fingerprint density at radius 3 is 2.76 bits per heavy atom. The Hall–Kier alpha value is -3.60. The molecule has 0 radical (unpaired) electrons. The maximum absolute atomic E-state index is 13.7. The molecular formula is C31H33F2N7O. The zero-order chi connectivity index (χ0) is 28.0. The third-order valence-electron chi connectivity index (χ3n) is 8.45. The molecule has 2 atom stereocenters. The van der Waals surface area contributed by atoms with Crippen LogP contribution in [0, 0.1) is 0 Å².